The molecule has 0 saturated heterocycles. The van der Waals surface area contributed by atoms with Gasteiger partial charge in [-0.2, -0.15) is 0 Å². The quantitative estimate of drug-likeness (QED) is 0.914. The summed E-state index contributed by atoms with van der Waals surface area (Å²) in [6.45, 7) is 1.91. The fourth-order valence-electron chi connectivity index (χ4n) is 1.78. The Hall–Kier alpha value is -1.88. The lowest BCUT2D eigenvalue weighted by Gasteiger charge is -2.16. The Morgan fingerprint density at radius 3 is 2.74 bits per heavy atom. The number of hydrogen-bond donors (Lipinski definition) is 2. The molecule has 0 spiro atoms. The highest BCUT2D eigenvalue weighted by molar-refractivity contribution is 9.10. The van der Waals surface area contributed by atoms with E-state index < -0.39 is 0 Å². The summed E-state index contributed by atoms with van der Waals surface area (Å²) in [5.41, 5.74) is 7.36. The topological polar surface area (TPSA) is 68.0 Å². The van der Waals surface area contributed by atoms with Crippen molar-refractivity contribution in [1.29, 1.82) is 0 Å². The molecule has 1 atom stereocenters. The van der Waals surface area contributed by atoms with Gasteiger partial charge >= 0.3 is 0 Å². The summed E-state index contributed by atoms with van der Waals surface area (Å²) in [5, 5.41) is 2.88. The second-order valence-electron chi connectivity index (χ2n) is 4.16. The number of nitrogens with two attached hydrogens (primary N) is 1. The molecule has 5 heteroatoms. The van der Waals surface area contributed by atoms with Gasteiger partial charge in [0.1, 0.15) is 0 Å². The molecule has 19 heavy (non-hydrogen) atoms. The van der Waals surface area contributed by atoms with Crippen molar-refractivity contribution in [3.8, 4) is 0 Å². The van der Waals surface area contributed by atoms with Crippen molar-refractivity contribution in [1.82, 2.24) is 10.3 Å². The number of anilines is 1. The van der Waals surface area contributed by atoms with E-state index in [0.29, 0.717) is 5.69 Å². The third-order valence-corrected chi connectivity index (χ3v) is 3.50. The number of nitrogens with one attached hydrogen (secondary N) is 1. The van der Waals surface area contributed by atoms with Crippen LogP contribution >= 0.6 is 15.9 Å². The molecule has 0 radical (unpaired) electrons. The van der Waals surface area contributed by atoms with Crippen LogP contribution in [0.25, 0.3) is 0 Å². The number of pyridine rings is 1. The van der Waals surface area contributed by atoms with Gasteiger partial charge < -0.3 is 11.1 Å². The van der Waals surface area contributed by atoms with E-state index in [1.165, 1.54) is 0 Å². The van der Waals surface area contributed by atoms with Crippen LogP contribution in [0.3, 0.4) is 0 Å². The maximum absolute atomic E-state index is 12.1. The van der Waals surface area contributed by atoms with Crippen LogP contribution in [-0.4, -0.2) is 10.9 Å². The first-order valence-electron chi connectivity index (χ1n) is 5.85. The molecular formula is C14H14BrN3O. The molecule has 0 aliphatic carbocycles. The summed E-state index contributed by atoms with van der Waals surface area (Å²) in [5.74, 6) is -0.277. The third kappa shape index (κ3) is 3.12. The van der Waals surface area contributed by atoms with E-state index in [4.69, 9.17) is 5.73 Å². The molecule has 1 aromatic heterocycles. The smallest absolute Gasteiger partial charge is 0.272 e. The molecule has 1 unspecified atom stereocenters. The van der Waals surface area contributed by atoms with E-state index in [0.717, 1.165) is 10.0 Å². The average molecular weight is 320 g/mol. The maximum atomic E-state index is 12.1. The lowest BCUT2D eigenvalue weighted by molar-refractivity contribution is 0.0936. The molecule has 0 fully saturated rings. The van der Waals surface area contributed by atoms with Gasteiger partial charge in [0, 0.05) is 10.7 Å². The van der Waals surface area contributed by atoms with Crippen molar-refractivity contribution in [2.75, 3.05) is 5.73 Å². The van der Waals surface area contributed by atoms with Crippen molar-refractivity contribution in [3.63, 3.8) is 0 Å². The summed E-state index contributed by atoms with van der Waals surface area (Å²) in [6.07, 6.45) is 1.55. The highest BCUT2D eigenvalue weighted by Gasteiger charge is 2.15. The van der Waals surface area contributed by atoms with Gasteiger partial charge in [0.2, 0.25) is 0 Å². The maximum Gasteiger partial charge on any atom is 0.272 e. The third-order valence-electron chi connectivity index (χ3n) is 2.77. The van der Waals surface area contributed by atoms with Crippen molar-refractivity contribution in [2.24, 2.45) is 0 Å². The van der Waals surface area contributed by atoms with E-state index in [1.807, 2.05) is 31.2 Å². The van der Waals surface area contributed by atoms with Crippen LogP contribution < -0.4 is 11.1 Å². The second kappa shape index (κ2) is 5.84. The van der Waals surface area contributed by atoms with E-state index in [9.17, 15) is 4.79 Å². The zero-order valence-corrected chi connectivity index (χ0v) is 12.0. The number of carbonyl (C=O) groups excluding carboxylic acids is 1. The summed E-state index contributed by atoms with van der Waals surface area (Å²) in [7, 11) is 0. The van der Waals surface area contributed by atoms with Crippen molar-refractivity contribution in [2.45, 2.75) is 13.0 Å². The Kier molecular flexibility index (Phi) is 4.16. The number of nitrogens with zero attached hydrogens (tertiary/aromatic N) is 1. The standard InChI is InChI=1S/C14H14BrN3O/c1-9(10-5-2-3-6-11(10)15)18-14(19)13-12(16)7-4-8-17-13/h2-9H,16H2,1H3,(H,18,19). The summed E-state index contributed by atoms with van der Waals surface area (Å²) in [6, 6.07) is 11.0. The van der Waals surface area contributed by atoms with Gasteiger partial charge in [-0.25, -0.2) is 4.98 Å². The molecule has 2 rings (SSSR count). The van der Waals surface area contributed by atoms with Crippen LogP contribution in [0, 0.1) is 0 Å². The zero-order valence-electron chi connectivity index (χ0n) is 10.4. The molecule has 1 amide bonds. The molecule has 2 aromatic rings. The normalized spacial score (nSPS) is 11.9. The van der Waals surface area contributed by atoms with Crippen LogP contribution in [0.2, 0.25) is 0 Å². The van der Waals surface area contributed by atoms with Gasteiger partial charge in [0.05, 0.1) is 11.7 Å². The zero-order chi connectivity index (χ0) is 13.8. The van der Waals surface area contributed by atoms with Crippen LogP contribution in [0.1, 0.15) is 29.0 Å². The lowest BCUT2D eigenvalue weighted by Crippen LogP contribution is -2.28. The molecule has 1 aromatic carbocycles. The van der Waals surface area contributed by atoms with Crippen LogP contribution in [-0.2, 0) is 0 Å². The average Bonchev–Trinajstić information content (AvgIpc) is 2.39. The molecule has 0 aliphatic heterocycles. The van der Waals surface area contributed by atoms with E-state index in [-0.39, 0.29) is 17.6 Å². The molecule has 98 valence electrons. The number of amides is 1. The van der Waals surface area contributed by atoms with E-state index in [2.05, 4.69) is 26.2 Å². The number of nitrogen functional groups attached to an aromatic ring is 1. The summed E-state index contributed by atoms with van der Waals surface area (Å²) in [4.78, 5) is 16.1. The highest BCUT2D eigenvalue weighted by Crippen LogP contribution is 2.23. The van der Waals surface area contributed by atoms with Crippen LogP contribution in [0.4, 0.5) is 5.69 Å². The second-order valence-corrected chi connectivity index (χ2v) is 5.01. The summed E-state index contributed by atoms with van der Waals surface area (Å²) < 4.78 is 0.955. The first kappa shape index (κ1) is 13.5. The number of rotatable bonds is 3. The monoisotopic (exact) mass is 319 g/mol. The molecular weight excluding hydrogens is 306 g/mol. The Morgan fingerprint density at radius 1 is 1.32 bits per heavy atom. The fourth-order valence-corrected chi connectivity index (χ4v) is 2.40. The van der Waals surface area contributed by atoms with Gasteiger partial charge in [-0.3, -0.25) is 4.79 Å². The Labute approximate surface area is 120 Å². The first-order valence-corrected chi connectivity index (χ1v) is 6.64. The number of hydrogen-bond acceptors (Lipinski definition) is 3. The largest absolute Gasteiger partial charge is 0.397 e. The Balaban J connectivity index is 2.16. The number of carbonyl (C=O) groups is 1. The predicted molar refractivity (Wildman–Crippen MR) is 78.7 cm³/mol. The number of benzene rings is 1. The Bertz CT molecular complexity index is 601. The lowest BCUT2D eigenvalue weighted by atomic mass is 10.1. The van der Waals surface area contributed by atoms with Crippen molar-refractivity contribution >= 4 is 27.5 Å². The van der Waals surface area contributed by atoms with Gasteiger partial charge in [-0.15, -0.1) is 0 Å². The van der Waals surface area contributed by atoms with Crippen molar-refractivity contribution in [3.05, 3.63) is 58.3 Å². The van der Waals surface area contributed by atoms with E-state index >= 15 is 0 Å². The molecule has 0 saturated carbocycles. The van der Waals surface area contributed by atoms with Gasteiger partial charge in [-0.05, 0) is 30.7 Å². The van der Waals surface area contributed by atoms with Gasteiger partial charge in [0.15, 0.2) is 5.69 Å². The Morgan fingerprint density at radius 2 is 2.05 bits per heavy atom. The van der Waals surface area contributed by atoms with Gasteiger partial charge in [0.25, 0.3) is 5.91 Å². The fraction of sp³-hybridized carbons (Fsp3) is 0.143. The molecule has 0 bridgehead atoms. The first-order chi connectivity index (χ1) is 9.09. The SMILES string of the molecule is CC(NC(=O)c1ncccc1N)c1ccccc1Br. The summed E-state index contributed by atoms with van der Waals surface area (Å²) >= 11 is 3.47. The number of halogens is 1. The molecule has 3 N–H and O–H groups in total. The number of aromatic nitrogens is 1. The minimum atomic E-state index is -0.277. The highest BCUT2D eigenvalue weighted by atomic mass is 79.9. The van der Waals surface area contributed by atoms with E-state index in [1.54, 1.807) is 18.3 Å². The van der Waals surface area contributed by atoms with Gasteiger partial charge in [-0.1, -0.05) is 34.1 Å². The molecule has 4 nitrogen and oxygen atoms in total. The molecule has 1 heterocycles. The molecule has 0 aliphatic rings. The predicted octanol–water partition coefficient (Wildman–Crippen LogP) is 2.92. The van der Waals surface area contributed by atoms with Crippen LogP contribution in [0.5, 0.6) is 0 Å². The van der Waals surface area contributed by atoms with Crippen molar-refractivity contribution < 1.29 is 4.79 Å². The minimum Gasteiger partial charge on any atom is -0.397 e. The van der Waals surface area contributed by atoms with Crippen LogP contribution in [0.15, 0.2) is 47.1 Å². The minimum absolute atomic E-state index is 0.135.